The molecule has 0 N–H and O–H groups in total. The largest absolute Gasteiger partial charge is 0.489 e. The highest BCUT2D eigenvalue weighted by Crippen LogP contribution is 2.22. The lowest BCUT2D eigenvalue weighted by Crippen LogP contribution is -1.98. The summed E-state index contributed by atoms with van der Waals surface area (Å²) in [6, 6.07) is 24.8. The van der Waals surface area contributed by atoms with Crippen LogP contribution in [0.2, 0.25) is 0 Å². The van der Waals surface area contributed by atoms with E-state index in [0.717, 1.165) is 11.1 Å². The molecule has 0 bridgehead atoms. The van der Waals surface area contributed by atoms with Crippen LogP contribution < -0.4 is 4.74 Å². The number of ether oxygens (including phenoxy) is 1. The summed E-state index contributed by atoms with van der Waals surface area (Å²) >= 11 is 0. The van der Waals surface area contributed by atoms with Crippen LogP contribution >= 0.6 is 0 Å². The Bertz CT molecular complexity index is 1060. The lowest BCUT2D eigenvalue weighted by molar-refractivity contribution is 0.306. The SMILES string of the molecule is N#CC(=Cc1ccc(OCc2ccccc2C#N)cc1)c1ccccc1F. The van der Waals surface area contributed by atoms with Crippen LogP contribution in [0.15, 0.2) is 72.8 Å². The molecule has 0 fully saturated rings. The van der Waals surface area contributed by atoms with Crippen LogP contribution in [-0.4, -0.2) is 0 Å². The van der Waals surface area contributed by atoms with Gasteiger partial charge in [0.05, 0.1) is 23.3 Å². The molecule has 0 saturated carbocycles. The molecule has 4 heteroatoms. The highest BCUT2D eigenvalue weighted by atomic mass is 19.1. The first kappa shape index (κ1) is 17.9. The fraction of sp³-hybridized carbons (Fsp3) is 0.0435. The summed E-state index contributed by atoms with van der Waals surface area (Å²) in [4.78, 5) is 0. The lowest BCUT2D eigenvalue weighted by atomic mass is 10.0. The molecule has 0 aromatic heterocycles. The third kappa shape index (κ3) is 4.39. The standard InChI is InChI=1S/C23H15FN2O/c24-23-8-4-3-7-22(23)20(15-26)13-17-9-11-21(12-10-17)27-16-19-6-2-1-5-18(19)14-25/h1-13H,16H2. The maximum atomic E-state index is 13.9. The van der Waals surface area contributed by atoms with Crippen LogP contribution in [0.25, 0.3) is 11.6 Å². The maximum absolute atomic E-state index is 13.9. The number of halogens is 1. The third-order valence-electron chi connectivity index (χ3n) is 4.01. The molecule has 3 rings (SSSR count). The molecule has 27 heavy (non-hydrogen) atoms. The van der Waals surface area contributed by atoms with Gasteiger partial charge >= 0.3 is 0 Å². The third-order valence-corrected chi connectivity index (χ3v) is 4.01. The Hall–Kier alpha value is -3.89. The van der Waals surface area contributed by atoms with Crippen LogP contribution in [0.5, 0.6) is 5.75 Å². The maximum Gasteiger partial charge on any atom is 0.131 e. The van der Waals surface area contributed by atoms with E-state index in [1.165, 1.54) is 6.07 Å². The van der Waals surface area contributed by atoms with Gasteiger partial charge in [0.1, 0.15) is 18.2 Å². The molecule has 3 aromatic rings. The molecule has 3 aromatic carbocycles. The molecular weight excluding hydrogens is 339 g/mol. The summed E-state index contributed by atoms with van der Waals surface area (Å²) < 4.78 is 19.6. The van der Waals surface area contributed by atoms with E-state index in [4.69, 9.17) is 10.00 Å². The average Bonchev–Trinajstić information content (AvgIpc) is 2.72. The van der Waals surface area contributed by atoms with Crippen LogP contribution in [0.3, 0.4) is 0 Å². The van der Waals surface area contributed by atoms with Gasteiger partial charge in [-0.15, -0.1) is 0 Å². The number of rotatable bonds is 5. The van der Waals surface area contributed by atoms with Gasteiger partial charge in [-0.2, -0.15) is 10.5 Å². The van der Waals surface area contributed by atoms with E-state index in [9.17, 15) is 9.65 Å². The second-order valence-corrected chi connectivity index (χ2v) is 5.78. The van der Waals surface area contributed by atoms with E-state index < -0.39 is 5.82 Å². The van der Waals surface area contributed by atoms with Crippen LogP contribution in [0, 0.1) is 28.5 Å². The number of nitriles is 2. The molecular formula is C23H15FN2O. The van der Waals surface area contributed by atoms with Crippen molar-refractivity contribution < 1.29 is 9.13 Å². The van der Waals surface area contributed by atoms with Crippen molar-refractivity contribution in [2.24, 2.45) is 0 Å². The first-order valence-electron chi connectivity index (χ1n) is 8.29. The molecule has 0 radical (unpaired) electrons. The van der Waals surface area contributed by atoms with E-state index in [2.05, 4.69) is 6.07 Å². The number of hydrogen-bond acceptors (Lipinski definition) is 3. The molecule has 0 aliphatic rings. The molecule has 0 aliphatic heterocycles. The zero-order valence-electron chi connectivity index (χ0n) is 14.4. The summed E-state index contributed by atoms with van der Waals surface area (Å²) in [5.41, 5.74) is 2.69. The van der Waals surface area contributed by atoms with E-state index in [1.807, 2.05) is 24.3 Å². The van der Waals surface area contributed by atoms with Gasteiger partial charge in [0.15, 0.2) is 0 Å². The Labute approximate surface area is 157 Å². The smallest absolute Gasteiger partial charge is 0.131 e. The first-order chi connectivity index (χ1) is 13.2. The molecule has 3 nitrogen and oxygen atoms in total. The van der Waals surface area contributed by atoms with Crippen molar-refractivity contribution in [1.82, 2.24) is 0 Å². The molecule has 0 amide bonds. The zero-order chi connectivity index (χ0) is 19.1. The molecule has 0 spiro atoms. The highest BCUT2D eigenvalue weighted by Gasteiger charge is 2.07. The topological polar surface area (TPSA) is 56.8 Å². The van der Waals surface area contributed by atoms with Crippen molar-refractivity contribution in [3.8, 4) is 17.9 Å². The fourth-order valence-electron chi connectivity index (χ4n) is 2.59. The van der Waals surface area contributed by atoms with Gasteiger partial charge < -0.3 is 4.74 Å². The molecule has 130 valence electrons. The second-order valence-electron chi connectivity index (χ2n) is 5.78. The van der Waals surface area contributed by atoms with E-state index >= 15 is 0 Å². The molecule has 0 atom stereocenters. The van der Waals surface area contributed by atoms with Gasteiger partial charge in [-0.25, -0.2) is 4.39 Å². The molecule has 0 heterocycles. The van der Waals surface area contributed by atoms with Crippen molar-refractivity contribution in [2.75, 3.05) is 0 Å². The van der Waals surface area contributed by atoms with E-state index in [0.29, 0.717) is 11.3 Å². The van der Waals surface area contributed by atoms with Crippen molar-refractivity contribution in [3.63, 3.8) is 0 Å². The lowest BCUT2D eigenvalue weighted by Gasteiger charge is -2.08. The summed E-state index contributed by atoms with van der Waals surface area (Å²) in [6.07, 6.45) is 1.63. The number of allylic oxidation sites excluding steroid dienone is 1. The normalized spacial score (nSPS) is 10.7. The van der Waals surface area contributed by atoms with E-state index in [-0.39, 0.29) is 17.7 Å². The minimum atomic E-state index is -0.429. The van der Waals surface area contributed by atoms with Gasteiger partial charge in [0.25, 0.3) is 0 Å². The number of hydrogen-bond donors (Lipinski definition) is 0. The monoisotopic (exact) mass is 354 g/mol. The first-order valence-corrected chi connectivity index (χ1v) is 8.29. The van der Waals surface area contributed by atoms with Crippen molar-refractivity contribution in [3.05, 3.63) is 101 Å². The summed E-state index contributed by atoms with van der Waals surface area (Å²) in [5, 5.41) is 18.5. The summed E-state index contributed by atoms with van der Waals surface area (Å²) in [7, 11) is 0. The Morgan fingerprint density at radius 2 is 1.63 bits per heavy atom. The Kier molecular flexibility index (Phi) is 5.62. The molecule has 0 saturated heterocycles. The van der Waals surface area contributed by atoms with Crippen molar-refractivity contribution >= 4 is 11.6 Å². The molecule has 0 unspecified atom stereocenters. The quantitative estimate of drug-likeness (QED) is 0.459. The Morgan fingerprint density at radius 3 is 2.33 bits per heavy atom. The summed E-state index contributed by atoms with van der Waals surface area (Å²) in [5.74, 6) is 0.214. The average molecular weight is 354 g/mol. The van der Waals surface area contributed by atoms with Gasteiger partial charge in [-0.05, 0) is 35.9 Å². The van der Waals surface area contributed by atoms with E-state index in [1.54, 1.807) is 54.6 Å². The van der Waals surface area contributed by atoms with Crippen LogP contribution in [0.1, 0.15) is 22.3 Å². The second kappa shape index (κ2) is 8.47. The predicted molar refractivity (Wildman–Crippen MR) is 102 cm³/mol. The highest BCUT2D eigenvalue weighted by molar-refractivity contribution is 5.89. The van der Waals surface area contributed by atoms with Gasteiger partial charge in [0, 0.05) is 11.1 Å². The van der Waals surface area contributed by atoms with Gasteiger partial charge in [-0.3, -0.25) is 0 Å². The Balaban J connectivity index is 1.74. The van der Waals surface area contributed by atoms with Crippen LogP contribution in [0.4, 0.5) is 4.39 Å². The Morgan fingerprint density at radius 1 is 0.926 bits per heavy atom. The fourth-order valence-corrected chi connectivity index (χ4v) is 2.59. The zero-order valence-corrected chi connectivity index (χ0v) is 14.4. The van der Waals surface area contributed by atoms with Gasteiger partial charge in [-0.1, -0.05) is 48.5 Å². The minimum absolute atomic E-state index is 0.254. The number of benzene rings is 3. The van der Waals surface area contributed by atoms with Crippen LogP contribution in [-0.2, 0) is 6.61 Å². The van der Waals surface area contributed by atoms with Crippen molar-refractivity contribution in [2.45, 2.75) is 6.61 Å². The van der Waals surface area contributed by atoms with Gasteiger partial charge in [0.2, 0.25) is 0 Å². The summed E-state index contributed by atoms with van der Waals surface area (Å²) in [6.45, 7) is 0.289. The predicted octanol–water partition coefficient (Wildman–Crippen LogP) is 5.34. The minimum Gasteiger partial charge on any atom is -0.489 e. The van der Waals surface area contributed by atoms with Crippen molar-refractivity contribution in [1.29, 1.82) is 10.5 Å². The molecule has 0 aliphatic carbocycles. The number of nitrogens with zero attached hydrogens (tertiary/aromatic N) is 2.